The molecule has 4 nitrogen and oxygen atoms in total. The van der Waals surface area contributed by atoms with Crippen molar-refractivity contribution in [3.63, 3.8) is 0 Å². The largest absolute Gasteiger partial charge is 0.473 e. The quantitative estimate of drug-likeness (QED) is 0.716. The van der Waals surface area contributed by atoms with Gasteiger partial charge in [-0.15, -0.1) is 0 Å². The number of halogens is 1. The smallest absolute Gasteiger partial charge is 0.321 e. The Morgan fingerprint density at radius 2 is 1.88 bits per heavy atom. The lowest BCUT2D eigenvalue weighted by Crippen LogP contribution is -2.32. The lowest BCUT2D eigenvalue weighted by molar-refractivity contribution is 0.233. The predicted molar refractivity (Wildman–Crippen MR) is 104 cm³/mol. The van der Waals surface area contributed by atoms with Crippen LogP contribution in [0.5, 0.6) is 5.75 Å². The molecule has 2 N–H and O–H groups in total. The molecule has 0 fully saturated rings. The molecular formula is C20H25ClN2O2. The zero-order valence-corrected chi connectivity index (χ0v) is 16.1. The van der Waals surface area contributed by atoms with Gasteiger partial charge in [0.2, 0.25) is 0 Å². The number of hydrogen-bond donors (Lipinski definition) is 2. The van der Waals surface area contributed by atoms with Gasteiger partial charge in [0.15, 0.2) is 6.73 Å². The fourth-order valence-electron chi connectivity index (χ4n) is 2.44. The van der Waals surface area contributed by atoms with Gasteiger partial charge in [0.25, 0.3) is 0 Å². The van der Waals surface area contributed by atoms with Crippen LogP contribution in [0.2, 0.25) is 5.02 Å². The molecule has 2 aromatic carbocycles. The zero-order chi connectivity index (χ0) is 18.6. The fourth-order valence-corrected chi connectivity index (χ4v) is 2.62. The van der Waals surface area contributed by atoms with E-state index in [-0.39, 0.29) is 18.2 Å². The highest BCUT2D eigenvalue weighted by atomic mass is 35.5. The number of anilines is 1. The van der Waals surface area contributed by atoms with Crippen molar-refractivity contribution in [3.8, 4) is 5.75 Å². The van der Waals surface area contributed by atoms with E-state index in [0.717, 1.165) is 16.9 Å². The highest BCUT2D eigenvalue weighted by molar-refractivity contribution is 6.31. The summed E-state index contributed by atoms with van der Waals surface area (Å²) < 4.78 is 5.78. The van der Waals surface area contributed by atoms with Gasteiger partial charge >= 0.3 is 6.03 Å². The first-order chi connectivity index (χ1) is 11.7. The van der Waals surface area contributed by atoms with Crippen molar-refractivity contribution in [2.75, 3.05) is 12.0 Å². The van der Waals surface area contributed by atoms with Gasteiger partial charge in [-0.3, -0.25) is 0 Å². The molecule has 0 radical (unpaired) electrons. The van der Waals surface area contributed by atoms with Crippen LogP contribution in [0.1, 0.15) is 37.5 Å². The van der Waals surface area contributed by atoms with Crippen LogP contribution in [0.15, 0.2) is 36.4 Å². The van der Waals surface area contributed by atoms with Crippen LogP contribution in [0.3, 0.4) is 0 Å². The molecule has 0 atom stereocenters. The summed E-state index contributed by atoms with van der Waals surface area (Å²) in [7, 11) is 0. The Morgan fingerprint density at radius 3 is 2.56 bits per heavy atom. The predicted octanol–water partition coefficient (Wildman–Crippen LogP) is 5.41. The third-order valence-electron chi connectivity index (χ3n) is 3.92. The molecule has 134 valence electrons. The van der Waals surface area contributed by atoms with E-state index in [2.05, 4.69) is 44.4 Å². The Labute approximate surface area is 154 Å². The van der Waals surface area contributed by atoms with E-state index in [1.807, 2.05) is 19.1 Å². The highest BCUT2D eigenvalue weighted by Crippen LogP contribution is 2.32. The first-order valence-corrected chi connectivity index (χ1v) is 8.60. The van der Waals surface area contributed by atoms with Gasteiger partial charge in [0, 0.05) is 10.7 Å². The normalized spacial score (nSPS) is 11.1. The minimum Gasteiger partial charge on any atom is -0.473 e. The summed E-state index contributed by atoms with van der Waals surface area (Å²) in [5, 5.41) is 6.10. The molecule has 0 aliphatic heterocycles. The van der Waals surface area contributed by atoms with E-state index in [0.29, 0.717) is 10.7 Å². The summed E-state index contributed by atoms with van der Waals surface area (Å²) in [5.74, 6) is 0.775. The van der Waals surface area contributed by atoms with Crippen LogP contribution in [0.4, 0.5) is 10.5 Å². The lowest BCUT2D eigenvalue weighted by Gasteiger charge is -2.23. The molecule has 0 saturated carbocycles. The van der Waals surface area contributed by atoms with Crippen molar-refractivity contribution in [1.82, 2.24) is 5.32 Å². The molecule has 0 unspecified atom stereocenters. The summed E-state index contributed by atoms with van der Waals surface area (Å²) >= 11 is 6.06. The van der Waals surface area contributed by atoms with Crippen molar-refractivity contribution >= 4 is 23.3 Å². The zero-order valence-electron chi connectivity index (χ0n) is 15.4. The van der Waals surface area contributed by atoms with Crippen LogP contribution in [-0.2, 0) is 5.41 Å². The Hall–Kier alpha value is -2.20. The molecule has 2 rings (SSSR count). The van der Waals surface area contributed by atoms with Gasteiger partial charge in [-0.2, -0.15) is 0 Å². The minimum atomic E-state index is -0.338. The molecule has 2 amide bonds. The van der Waals surface area contributed by atoms with Crippen LogP contribution < -0.4 is 15.4 Å². The van der Waals surface area contributed by atoms with E-state index >= 15 is 0 Å². The van der Waals surface area contributed by atoms with Crippen molar-refractivity contribution < 1.29 is 9.53 Å². The molecule has 0 aromatic heterocycles. The van der Waals surface area contributed by atoms with E-state index in [4.69, 9.17) is 16.3 Å². The Balaban J connectivity index is 1.97. The summed E-state index contributed by atoms with van der Waals surface area (Å²) in [5.41, 5.74) is 3.76. The molecule has 0 bridgehead atoms. The van der Waals surface area contributed by atoms with E-state index in [1.54, 1.807) is 18.2 Å². The molecular weight excluding hydrogens is 336 g/mol. The number of nitrogens with one attached hydrogen (secondary N) is 2. The number of carbonyl (C=O) groups excluding carboxylic acids is 1. The molecule has 0 saturated heterocycles. The van der Waals surface area contributed by atoms with Crippen molar-refractivity contribution in [2.24, 2.45) is 0 Å². The van der Waals surface area contributed by atoms with Crippen LogP contribution in [0.25, 0.3) is 0 Å². The van der Waals surface area contributed by atoms with Crippen molar-refractivity contribution in [3.05, 3.63) is 58.1 Å². The molecule has 5 heteroatoms. The van der Waals surface area contributed by atoms with Gasteiger partial charge in [-0.1, -0.05) is 56.1 Å². The highest BCUT2D eigenvalue weighted by Gasteiger charge is 2.19. The number of urea groups is 1. The monoisotopic (exact) mass is 360 g/mol. The van der Waals surface area contributed by atoms with E-state index in [1.165, 1.54) is 5.56 Å². The Bertz CT molecular complexity index is 767. The number of carbonyl (C=O) groups is 1. The lowest BCUT2D eigenvalue weighted by atomic mass is 9.85. The average Bonchev–Trinajstić information content (AvgIpc) is 2.52. The first-order valence-electron chi connectivity index (χ1n) is 8.22. The molecule has 25 heavy (non-hydrogen) atoms. The van der Waals surface area contributed by atoms with Crippen molar-refractivity contribution in [2.45, 2.75) is 40.0 Å². The molecule has 0 spiro atoms. The second kappa shape index (κ2) is 7.79. The first kappa shape index (κ1) is 19.1. The molecule has 0 aliphatic carbocycles. The third kappa shape index (κ3) is 5.13. The number of amides is 2. The summed E-state index contributed by atoms with van der Waals surface area (Å²) in [6.07, 6.45) is 0. The van der Waals surface area contributed by atoms with E-state index in [9.17, 15) is 4.79 Å². The average molecular weight is 361 g/mol. The minimum absolute atomic E-state index is 0.0402. The summed E-state index contributed by atoms with van der Waals surface area (Å²) in [4.78, 5) is 12.1. The second-order valence-electron chi connectivity index (χ2n) is 7.08. The molecule has 0 heterocycles. The van der Waals surface area contributed by atoms with Gasteiger partial charge < -0.3 is 15.4 Å². The number of hydrogen-bond acceptors (Lipinski definition) is 2. The Kier molecular flexibility index (Phi) is 5.96. The maximum absolute atomic E-state index is 12.1. The third-order valence-corrected chi connectivity index (χ3v) is 4.33. The van der Waals surface area contributed by atoms with Crippen LogP contribution in [0, 0.1) is 13.8 Å². The van der Waals surface area contributed by atoms with Crippen molar-refractivity contribution in [1.29, 1.82) is 0 Å². The van der Waals surface area contributed by atoms with Gasteiger partial charge in [-0.05, 0) is 48.6 Å². The SMILES string of the molecule is Cc1ccc(OCNC(=O)Nc2cccc(Cl)c2C)c(C(C)(C)C)c1. The van der Waals surface area contributed by atoms with Crippen LogP contribution in [-0.4, -0.2) is 12.8 Å². The number of aryl methyl sites for hydroxylation is 1. The second-order valence-corrected chi connectivity index (χ2v) is 7.49. The maximum Gasteiger partial charge on any atom is 0.321 e. The Morgan fingerprint density at radius 1 is 1.16 bits per heavy atom. The topological polar surface area (TPSA) is 50.4 Å². The number of ether oxygens (including phenoxy) is 1. The standard InChI is InChI=1S/C20H25ClN2O2/c1-13-9-10-18(15(11-13)20(3,4)5)25-12-22-19(24)23-17-8-6-7-16(21)14(17)2/h6-11H,12H2,1-5H3,(H2,22,23,24). The van der Waals surface area contributed by atoms with Gasteiger partial charge in [-0.25, -0.2) is 4.79 Å². The summed E-state index contributed by atoms with van der Waals surface area (Å²) in [6.45, 7) is 10.4. The summed E-state index contributed by atoms with van der Waals surface area (Å²) in [6, 6.07) is 11.1. The molecule has 0 aliphatic rings. The van der Waals surface area contributed by atoms with Crippen LogP contribution >= 0.6 is 11.6 Å². The molecule has 2 aromatic rings. The number of benzene rings is 2. The number of rotatable bonds is 4. The van der Waals surface area contributed by atoms with Gasteiger partial charge in [0.1, 0.15) is 5.75 Å². The van der Waals surface area contributed by atoms with Gasteiger partial charge in [0.05, 0.1) is 0 Å². The van der Waals surface area contributed by atoms with E-state index < -0.39 is 0 Å². The maximum atomic E-state index is 12.1. The fraction of sp³-hybridized carbons (Fsp3) is 0.350.